The summed E-state index contributed by atoms with van der Waals surface area (Å²) in [6, 6.07) is 2.37. The average molecular weight is 938 g/mol. The van der Waals surface area contributed by atoms with E-state index in [1.165, 1.54) is 29.4 Å². The molecule has 2 aromatic heterocycles. The Morgan fingerprint density at radius 2 is 1.84 bits per heavy atom. The number of hydrogen-bond acceptors (Lipinski definition) is 11. The topological polar surface area (TPSA) is 198 Å². The molecule has 330 valence electrons. The van der Waals surface area contributed by atoms with E-state index in [0.29, 0.717) is 50.0 Å². The zero-order valence-electron chi connectivity index (χ0n) is 34.0. The number of benzene rings is 1. The molecular weight excluding hydrogens is 889 g/mol. The third kappa shape index (κ3) is 10.6. The fourth-order valence-electron chi connectivity index (χ4n) is 7.80. The number of aliphatic carboxylic acids is 1. The average Bonchev–Trinajstić information content (AvgIpc) is 3.59. The van der Waals surface area contributed by atoms with Gasteiger partial charge >= 0.3 is 18.2 Å². The second kappa shape index (κ2) is 18.2. The van der Waals surface area contributed by atoms with Crippen LogP contribution in [-0.2, 0) is 23.9 Å². The predicted molar refractivity (Wildman–Crippen MR) is 222 cm³/mol. The zero-order valence-corrected chi connectivity index (χ0v) is 36.4. The summed E-state index contributed by atoms with van der Waals surface area (Å²) in [4.78, 5) is 77.2. The Bertz CT molecular complexity index is 2190. The highest BCUT2D eigenvalue weighted by Crippen LogP contribution is 2.45. The molecule has 15 nitrogen and oxygen atoms in total. The number of carbonyl (C=O) groups excluding carboxylic acids is 4. The largest absolute Gasteiger partial charge is 0.495 e. The summed E-state index contributed by atoms with van der Waals surface area (Å²) < 4.78 is 55.7. The minimum atomic E-state index is -4.58. The van der Waals surface area contributed by atoms with Crippen molar-refractivity contribution >= 4 is 73.1 Å². The molecule has 4 amide bonds. The van der Waals surface area contributed by atoms with Crippen molar-refractivity contribution in [3.8, 4) is 22.9 Å². The quantitative estimate of drug-likeness (QED) is 0.112. The minimum absolute atomic E-state index is 0.0841. The summed E-state index contributed by atoms with van der Waals surface area (Å²) in [6.45, 7) is 7.32. The maximum Gasteiger partial charge on any atom is 0.407 e. The number of alkyl halides is 3. The van der Waals surface area contributed by atoms with E-state index in [-0.39, 0.29) is 31.0 Å². The second-order valence-electron chi connectivity index (χ2n) is 16.7. The number of methoxy groups -OCH3 is 1. The van der Waals surface area contributed by atoms with E-state index in [9.17, 15) is 42.3 Å². The highest BCUT2D eigenvalue weighted by molar-refractivity contribution is 9.10. The fraction of sp³-hybridized carbons (Fsp3) is 0.537. The van der Waals surface area contributed by atoms with Gasteiger partial charge in [0.05, 0.1) is 35.8 Å². The Kier molecular flexibility index (Phi) is 13.6. The standard InChI is InChI=1S/C41H48BrF3N6O9S/c1-6-22-18-40(22,36(55)56)50-34(53)27-16-23(19-51(27)35(54)33(39(2,3)4)49-38(57)59-14-13-41(43,44)45)60-29-17-25(46-32-24(29)11-12-28(58-5)31(32)42)26-20-61-37(47-26)48-30(52)15-21-9-7-8-10-21/h6,11-12,17,20-23,27,33H,1,7-10,13-16,18-19H2,2-5H3,(H,49,57)(H,50,53)(H,55,56)(H,47,48,52)/t22-,23-,27+,33-,40-/m1/s1. The number of ether oxygens (including phenoxy) is 3. The van der Waals surface area contributed by atoms with E-state index in [4.69, 9.17) is 19.2 Å². The van der Waals surface area contributed by atoms with E-state index in [0.717, 1.165) is 25.7 Å². The Hall–Kier alpha value is -4.98. The number of carboxylic acid groups (broad SMARTS) is 1. The number of amides is 4. The molecule has 2 aliphatic carbocycles. The number of carboxylic acids is 1. The number of halogens is 4. The van der Waals surface area contributed by atoms with Gasteiger partial charge in [0.1, 0.15) is 47.5 Å². The lowest BCUT2D eigenvalue weighted by atomic mass is 9.85. The molecule has 3 fully saturated rings. The number of carbonyl (C=O) groups is 5. The molecule has 1 saturated heterocycles. The van der Waals surface area contributed by atoms with Gasteiger partial charge in [-0.2, -0.15) is 13.2 Å². The molecule has 6 rings (SSSR count). The van der Waals surface area contributed by atoms with Crippen molar-refractivity contribution in [3.63, 3.8) is 0 Å². The zero-order chi connectivity index (χ0) is 44.4. The highest BCUT2D eigenvalue weighted by Gasteiger charge is 2.61. The minimum Gasteiger partial charge on any atom is -0.495 e. The van der Waals surface area contributed by atoms with Gasteiger partial charge in [-0.3, -0.25) is 14.4 Å². The van der Waals surface area contributed by atoms with Gasteiger partial charge in [-0.15, -0.1) is 17.9 Å². The monoisotopic (exact) mass is 936 g/mol. The third-order valence-corrected chi connectivity index (χ3v) is 12.7. The first-order chi connectivity index (χ1) is 28.7. The number of nitrogens with one attached hydrogen (secondary N) is 3. The molecule has 0 unspecified atom stereocenters. The van der Waals surface area contributed by atoms with Crippen LogP contribution in [0, 0.1) is 17.3 Å². The Morgan fingerprint density at radius 1 is 1.11 bits per heavy atom. The molecule has 1 aromatic carbocycles. The summed E-state index contributed by atoms with van der Waals surface area (Å²) in [5.41, 5.74) is -1.44. The lowest BCUT2D eigenvalue weighted by molar-refractivity contribution is -0.146. The van der Waals surface area contributed by atoms with Crippen LogP contribution >= 0.6 is 27.3 Å². The SMILES string of the molecule is C=C[C@@H]1C[C@]1(NC(=O)[C@@H]1C[C@@H](Oc2cc(-c3csc(NC(=O)CC4CCCC4)n3)nc3c(Br)c(OC)ccc23)CN1C(=O)[C@@H](NC(=O)OCCC(F)(F)F)C(C)(C)C)C(=O)O. The third-order valence-electron chi connectivity index (χ3n) is 11.2. The molecule has 5 atom stereocenters. The molecule has 0 radical (unpaired) electrons. The van der Waals surface area contributed by atoms with Crippen LogP contribution in [0.25, 0.3) is 22.3 Å². The van der Waals surface area contributed by atoms with E-state index in [1.807, 2.05) is 0 Å². The molecule has 3 aliphatic rings. The number of aromatic nitrogens is 2. The molecule has 0 spiro atoms. The fourth-order valence-corrected chi connectivity index (χ4v) is 9.11. The van der Waals surface area contributed by atoms with Crippen molar-refractivity contribution in [3.05, 3.63) is 40.7 Å². The highest BCUT2D eigenvalue weighted by atomic mass is 79.9. The van der Waals surface area contributed by atoms with Gasteiger partial charge in [0.15, 0.2) is 5.13 Å². The van der Waals surface area contributed by atoms with Crippen LogP contribution in [0.2, 0.25) is 0 Å². The van der Waals surface area contributed by atoms with Crippen LogP contribution in [0.5, 0.6) is 11.5 Å². The lowest BCUT2D eigenvalue weighted by Crippen LogP contribution is -2.59. The molecule has 1 aliphatic heterocycles. The van der Waals surface area contributed by atoms with Crippen molar-refractivity contribution in [2.24, 2.45) is 17.3 Å². The van der Waals surface area contributed by atoms with Gasteiger partial charge in [-0.25, -0.2) is 19.6 Å². The number of fused-ring (bicyclic) bond motifs is 1. The van der Waals surface area contributed by atoms with Crippen LogP contribution in [0.3, 0.4) is 0 Å². The second-order valence-corrected chi connectivity index (χ2v) is 18.3. The molecule has 61 heavy (non-hydrogen) atoms. The van der Waals surface area contributed by atoms with E-state index in [2.05, 4.69) is 43.4 Å². The number of alkyl carbamates (subject to hydrolysis) is 1. The number of hydrogen-bond donors (Lipinski definition) is 4. The molecule has 3 aromatic rings. The van der Waals surface area contributed by atoms with Crippen molar-refractivity contribution < 1.29 is 56.5 Å². The van der Waals surface area contributed by atoms with Crippen LogP contribution in [0.1, 0.15) is 72.1 Å². The van der Waals surface area contributed by atoms with E-state index in [1.54, 1.807) is 44.4 Å². The van der Waals surface area contributed by atoms with Crippen LogP contribution in [0.4, 0.5) is 23.1 Å². The summed E-state index contributed by atoms with van der Waals surface area (Å²) >= 11 is 4.82. The molecule has 2 saturated carbocycles. The summed E-state index contributed by atoms with van der Waals surface area (Å²) in [7, 11) is 1.50. The molecule has 0 bridgehead atoms. The van der Waals surface area contributed by atoms with Gasteiger partial charge in [0.25, 0.3) is 0 Å². The lowest BCUT2D eigenvalue weighted by Gasteiger charge is -2.35. The number of pyridine rings is 1. The van der Waals surface area contributed by atoms with Crippen LogP contribution in [0.15, 0.2) is 40.7 Å². The van der Waals surface area contributed by atoms with Gasteiger partial charge in [0, 0.05) is 35.6 Å². The van der Waals surface area contributed by atoms with Gasteiger partial charge < -0.3 is 40.2 Å². The van der Waals surface area contributed by atoms with Crippen molar-refractivity contribution in [2.75, 3.05) is 25.6 Å². The number of anilines is 1. The first-order valence-corrected chi connectivity index (χ1v) is 21.5. The molecular formula is C41H48BrF3N6O9S. The van der Waals surface area contributed by atoms with E-state index < -0.39 is 78.1 Å². The summed E-state index contributed by atoms with van der Waals surface area (Å²) in [6.07, 6.45) is -2.06. The maximum atomic E-state index is 14.5. The van der Waals surface area contributed by atoms with Gasteiger partial charge in [-0.05, 0) is 58.7 Å². The van der Waals surface area contributed by atoms with Gasteiger partial charge in [-0.1, -0.05) is 39.7 Å². The number of likely N-dealkylation sites (tertiary alicyclic amines) is 1. The Morgan fingerprint density at radius 3 is 2.46 bits per heavy atom. The van der Waals surface area contributed by atoms with Crippen molar-refractivity contribution in [1.82, 2.24) is 25.5 Å². The normalized spacial score (nSPS) is 22.0. The first-order valence-electron chi connectivity index (χ1n) is 19.8. The van der Waals surface area contributed by atoms with Crippen molar-refractivity contribution in [1.29, 1.82) is 0 Å². The van der Waals surface area contributed by atoms with Crippen LogP contribution < -0.4 is 25.4 Å². The smallest absolute Gasteiger partial charge is 0.407 e. The number of rotatable bonds is 15. The van der Waals surface area contributed by atoms with Gasteiger partial charge in [0.2, 0.25) is 17.7 Å². The first kappa shape index (κ1) is 45.5. The van der Waals surface area contributed by atoms with Crippen molar-refractivity contribution in [2.45, 2.75) is 102 Å². The Balaban J connectivity index is 1.31. The maximum absolute atomic E-state index is 14.5. The van der Waals surface area contributed by atoms with E-state index >= 15 is 0 Å². The summed E-state index contributed by atoms with van der Waals surface area (Å²) in [5, 5.41) is 20.6. The number of thiazole rings is 1. The number of nitrogens with zero attached hydrogens (tertiary/aromatic N) is 3. The Labute approximate surface area is 362 Å². The predicted octanol–water partition coefficient (Wildman–Crippen LogP) is 7.24. The molecule has 20 heteroatoms. The van der Waals surface area contributed by atoms with Crippen LogP contribution in [-0.4, -0.2) is 99.9 Å². The summed E-state index contributed by atoms with van der Waals surface area (Å²) in [5.74, 6) is -2.41. The molecule has 4 N–H and O–H groups in total. The molecule has 3 heterocycles.